The molecule has 0 bridgehead atoms. The lowest BCUT2D eigenvalue weighted by Gasteiger charge is -2.11. The quantitative estimate of drug-likeness (QED) is 0.403. The van der Waals surface area contributed by atoms with Gasteiger partial charge in [-0.05, 0) is 72.0 Å². The van der Waals surface area contributed by atoms with Gasteiger partial charge in [0.05, 0.1) is 11.9 Å². The summed E-state index contributed by atoms with van der Waals surface area (Å²) < 4.78 is 23.2. The summed E-state index contributed by atoms with van der Waals surface area (Å²) in [4.78, 5) is 18.1. The predicted molar refractivity (Wildman–Crippen MR) is 121 cm³/mol. The Bertz CT molecular complexity index is 1300. The molecule has 4 aromatic rings. The maximum atomic E-state index is 13.0. The Labute approximate surface area is 187 Å². The molecule has 0 unspecified atom stereocenters. The highest BCUT2D eigenvalue weighted by molar-refractivity contribution is 7.19. The van der Waals surface area contributed by atoms with Gasteiger partial charge in [-0.2, -0.15) is 0 Å². The van der Waals surface area contributed by atoms with Crippen molar-refractivity contribution in [2.24, 2.45) is 0 Å². The molecule has 0 spiro atoms. The number of halogens is 2. The lowest BCUT2D eigenvalue weighted by molar-refractivity contribution is 0.300. The first-order valence-electron chi connectivity index (χ1n) is 9.98. The van der Waals surface area contributed by atoms with Gasteiger partial charge in [0.2, 0.25) is 0 Å². The lowest BCUT2D eigenvalue weighted by Crippen LogP contribution is -2.16. The summed E-state index contributed by atoms with van der Waals surface area (Å²) in [5.41, 5.74) is 2.45. The van der Waals surface area contributed by atoms with Crippen molar-refractivity contribution in [3.63, 3.8) is 0 Å². The predicted octanol–water partition coefficient (Wildman–Crippen LogP) is 5.07. The zero-order chi connectivity index (χ0) is 21.4. The molecular weight excluding hydrogens is 437 g/mol. The minimum absolute atomic E-state index is 0.158. The van der Waals surface area contributed by atoms with E-state index in [-0.39, 0.29) is 12.2 Å². The summed E-state index contributed by atoms with van der Waals surface area (Å²) in [7, 11) is 0. The first kappa shape index (κ1) is 20.2. The zero-order valence-corrected chi connectivity index (χ0v) is 18.1. The van der Waals surface area contributed by atoms with E-state index in [2.05, 4.69) is 17.1 Å². The molecule has 3 aromatic heterocycles. The molecule has 1 aromatic carbocycles. The molecule has 8 heteroatoms. The Hall–Kier alpha value is -2.74. The van der Waals surface area contributed by atoms with Crippen LogP contribution in [0.15, 0.2) is 59.7 Å². The van der Waals surface area contributed by atoms with Gasteiger partial charge in [0, 0.05) is 40.6 Å². The third-order valence-corrected chi connectivity index (χ3v) is 6.90. The van der Waals surface area contributed by atoms with Crippen molar-refractivity contribution in [3.05, 3.63) is 87.2 Å². The second kappa shape index (κ2) is 8.42. The molecular formula is C23H19ClFN3O2S. The summed E-state index contributed by atoms with van der Waals surface area (Å²) >= 11 is 8.14. The number of benzene rings is 1. The van der Waals surface area contributed by atoms with Crippen LogP contribution in [0.4, 0.5) is 4.39 Å². The van der Waals surface area contributed by atoms with Crippen molar-refractivity contribution < 1.29 is 9.13 Å². The maximum absolute atomic E-state index is 13.0. The van der Waals surface area contributed by atoms with Gasteiger partial charge in [-0.3, -0.25) is 14.3 Å². The van der Waals surface area contributed by atoms with Crippen LogP contribution in [0.5, 0.6) is 5.75 Å². The first-order valence-corrected chi connectivity index (χ1v) is 11.1. The molecule has 0 amide bonds. The summed E-state index contributed by atoms with van der Waals surface area (Å²) in [6.45, 7) is 1.74. The van der Waals surface area contributed by atoms with Crippen LogP contribution in [-0.4, -0.2) is 20.5 Å². The Kier molecular flexibility index (Phi) is 5.48. The smallest absolute Gasteiger partial charge is 0.258 e. The van der Waals surface area contributed by atoms with Crippen LogP contribution in [-0.2, 0) is 19.6 Å². The number of aryl methyl sites for hydroxylation is 1. The summed E-state index contributed by atoms with van der Waals surface area (Å²) in [5.74, 6) is 0.0419. The standard InChI is InChI=1S/C23H19ClFN3O2S/c24-27-8-1-2-21-20(13-27)19-10-17(5-6-22(19)31-21)28-9-7-18(11-23(28)29)30-14-16-4-3-15(25)12-26-16/h3-7,9-12H,1-2,8,13-14H2. The summed E-state index contributed by atoms with van der Waals surface area (Å²) in [6.07, 6.45) is 4.92. The van der Waals surface area contributed by atoms with Crippen LogP contribution in [0.3, 0.4) is 0 Å². The van der Waals surface area contributed by atoms with Gasteiger partial charge in [-0.25, -0.2) is 8.81 Å². The molecule has 0 atom stereocenters. The third kappa shape index (κ3) is 4.21. The van der Waals surface area contributed by atoms with Crippen molar-refractivity contribution in [2.45, 2.75) is 26.0 Å². The van der Waals surface area contributed by atoms with E-state index >= 15 is 0 Å². The fraction of sp³-hybridized carbons (Fsp3) is 0.217. The Morgan fingerprint density at radius 1 is 1.19 bits per heavy atom. The van der Waals surface area contributed by atoms with E-state index in [9.17, 15) is 9.18 Å². The van der Waals surface area contributed by atoms with Crippen molar-refractivity contribution >= 4 is 33.2 Å². The van der Waals surface area contributed by atoms with Crippen molar-refractivity contribution in [2.75, 3.05) is 6.54 Å². The number of ether oxygens (including phenoxy) is 1. The van der Waals surface area contributed by atoms with Gasteiger partial charge in [0.25, 0.3) is 5.56 Å². The SMILES string of the molecule is O=c1cc(OCc2ccc(F)cn2)ccn1-c1ccc2sc3c(c2c1)CN(Cl)CCC3. The molecule has 5 nitrogen and oxygen atoms in total. The molecule has 1 aliphatic heterocycles. The fourth-order valence-electron chi connectivity index (χ4n) is 3.79. The van der Waals surface area contributed by atoms with E-state index < -0.39 is 5.82 Å². The van der Waals surface area contributed by atoms with Crippen LogP contribution in [0.25, 0.3) is 15.8 Å². The lowest BCUT2D eigenvalue weighted by atomic mass is 10.1. The molecule has 5 rings (SSSR count). The minimum atomic E-state index is -0.399. The Morgan fingerprint density at radius 2 is 2.10 bits per heavy atom. The minimum Gasteiger partial charge on any atom is -0.487 e. The molecule has 31 heavy (non-hydrogen) atoms. The second-order valence-electron chi connectivity index (χ2n) is 7.46. The number of hydrogen-bond acceptors (Lipinski definition) is 5. The van der Waals surface area contributed by atoms with Crippen LogP contribution in [0.2, 0.25) is 0 Å². The van der Waals surface area contributed by atoms with Crippen LogP contribution >= 0.6 is 23.1 Å². The Balaban J connectivity index is 1.42. The molecule has 0 radical (unpaired) electrons. The van der Waals surface area contributed by atoms with Gasteiger partial charge in [0.15, 0.2) is 0 Å². The zero-order valence-electron chi connectivity index (χ0n) is 16.6. The van der Waals surface area contributed by atoms with Crippen LogP contribution in [0.1, 0.15) is 22.6 Å². The largest absolute Gasteiger partial charge is 0.487 e. The Morgan fingerprint density at radius 3 is 2.90 bits per heavy atom. The van der Waals surface area contributed by atoms with Crippen molar-refractivity contribution in [3.8, 4) is 11.4 Å². The van der Waals surface area contributed by atoms with Crippen LogP contribution in [0, 0.1) is 5.82 Å². The molecule has 0 N–H and O–H groups in total. The van der Waals surface area contributed by atoms with E-state index in [1.807, 2.05) is 21.8 Å². The molecule has 0 fully saturated rings. The molecule has 158 valence electrons. The first-order chi connectivity index (χ1) is 15.1. The normalized spacial score (nSPS) is 14.4. The number of rotatable bonds is 4. The highest BCUT2D eigenvalue weighted by Crippen LogP contribution is 2.36. The maximum Gasteiger partial charge on any atom is 0.258 e. The number of hydrogen-bond donors (Lipinski definition) is 0. The number of fused-ring (bicyclic) bond motifs is 3. The molecule has 0 saturated heterocycles. The summed E-state index contributed by atoms with van der Waals surface area (Å²) in [5, 5.41) is 1.15. The van der Waals surface area contributed by atoms with Crippen molar-refractivity contribution in [1.82, 2.24) is 14.0 Å². The van der Waals surface area contributed by atoms with Gasteiger partial charge < -0.3 is 4.74 Å². The fourth-order valence-corrected chi connectivity index (χ4v) is 5.26. The number of aromatic nitrogens is 2. The summed E-state index contributed by atoms with van der Waals surface area (Å²) in [6, 6.07) is 12.2. The molecule has 0 saturated carbocycles. The van der Waals surface area contributed by atoms with E-state index in [0.717, 1.165) is 36.7 Å². The number of nitrogens with zero attached hydrogens (tertiary/aromatic N) is 3. The average molecular weight is 456 g/mol. The monoisotopic (exact) mass is 455 g/mol. The number of thiophene rings is 1. The van der Waals surface area contributed by atoms with Crippen molar-refractivity contribution in [1.29, 1.82) is 0 Å². The third-order valence-electron chi connectivity index (χ3n) is 5.34. The molecule has 0 aliphatic carbocycles. The van der Waals surface area contributed by atoms with Gasteiger partial charge >= 0.3 is 0 Å². The molecule has 1 aliphatic rings. The number of pyridine rings is 2. The topological polar surface area (TPSA) is 47.4 Å². The average Bonchev–Trinajstić information content (AvgIpc) is 2.98. The highest BCUT2D eigenvalue weighted by Gasteiger charge is 2.19. The second-order valence-corrected chi connectivity index (χ2v) is 9.07. The van der Waals surface area contributed by atoms with Gasteiger partial charge in [-0.1, -0.05) is 0 Å². The van der Waals surface area contributed by atoms with E-state index in [4.69, 9.17) is 16.5 Å². The van der Waals surface area contributed by atoms with Gasteiger partial charge in [0.1, 0.15) is 18.2 Å². The van der Waals surface area contributed by atoms with E-state index in [1.54, 1.807) is 22.9 Å². The molecule has 4 heterocycles. The van der Waals surface area contributed by atoms with Crippen LogP contribution < -0.4 is 10.3 Å². The van der Waals surface area contributed by atoms with Gasteiger partial charge in [-0.15, -0.1) is 11.3 Å². The van der Waals surface area contributed by atoms with E-state index in [0.29, 0.717) is 18.0 Å². The van der Waals surface area contributed by atoms with E-state index in [1.165, 1.54) is 27.3 Å². The highest BCUT2D eigenvalue weighted by atomic mass is 35.5.